The highest BCUT2D eigenvalue weighted by Crippen LogP contribution is 2.27. The summed E-state index contributed by atoms with van der Waals surface area (Å²) in [4.78, 5) is 19.3. The zero-order valence-corrected chi connectivity index (χ0v) is 14.9. The van der Waals surface area contributed by atoms with Crippen LogP contribution < -0.4 is 10.2 Å². The minimum Gasteiger partial charge on any atom is -0.464 e. The number of pyridine rings is 1. The van der Waals surface area contributed by atoms with Gasteiger partial charge in [-0.1, -0.05) is 17.7 Å². The van der Waals surface area contributed by atoms with Gasteiger partial charge < -0.3 is 19.4 Å². The molecule has 3 heterocycles. The molecule has 0 aliphatic carbocycles. The van der Waals surface area contributed by atoms with E-state index in [2.05, 4.69) is 15.2 Å². The number of anilines is 2. The van der Waals surface area contributed by atoms with Crippen LogP contribution >= 0.6 is 0 Å². The van der Waals surface area contributed by atoms with Crippen molar-refractivity contribution in [3.63, 3.8) is 0 Å². The molecular weight excluding hydrogens is 330 g/mol. The van der Waals surface area contributed by atoms with E-state index in [0.29, 0.717) is 19.7 Å². The van der Waals surface area contributed by atoms with Crippen LogP contribution in [-0.4, -0.2) is 36.7 Å². The second kappa shape index (κ2) is 6.80. The molecule has 2 aromatic heterocycles. The van der Waals surface area contributed by atoms with Gasteiger partial charge in [-0.3, -0.25) is 4.79 Å². The molecular formula is C20H21N3O3. The quantitative estimate of drug-likeness (QED) is 0.784. The number of nitrogens with one attached hydrogen (secondary N) is 1. The van der Waals surface area contributed by atoms with Crippen molar-refractivity contribution in [2.45, 2.75) is 20.0 Å². The number of ether oxygens (including phenoxy) is 1. The molecule has 1 aliphatic rings. The predicted octanol–water partition coefficient (Wildman–Crippen LogP) is 3.29. The molecule has 1 aromatic carbocycles. The van der Waals surface area contributed by atoms with Gasteiger partial charge >= 0.3 is 0 Å². The highest BCUT2D eigenvalue weighted by atomic mass is 16.5. The third-order valence-electron chi connectivity index (χ3n) is 4.66. The number of rotatable bonds is 3. The Labute approximate surface area is 151 Å². The number of carbonyl (C=O) groups excluding carboxylic acids is 1. The van der Waals surface area contributed by atoms with Crippen LogP contribution in [0.1, 0.15) is 11.1 Å². The van der Waals surface area contributed by atoms with Crippen LogP contribution in [0.15, 0.2) is 47.2 Å². The van der Waals surface area contributed by atoms with E-state index in [-0.39, 0.29) is 5.91 Å². The Hall–Kier alpha value is -2.86. The Morgan fingerprint density at radius 2 is 2.15 bits per heavy atom. The molecule has 0 radical (unpaired) electrons. The number of aryl methyl sites for hydroxylation is 2. The van der Waals surface area contributed by atoms with Crippen LogP contribution in [0.2, 0.25) is 0 Å². The first-order valence-corrected chi connectivity index (χ1v) is 8.69. The number of fused-ring (bicyclic) bond motifs is 1. The number of benzene rings is 1. The van der Waals surface area contributed by atoms with Crippen molar-refractivity contribution in [2.24, 2.45) is 0 Å². The largest absolute Gasteiger partial charge is 0.464 e. The van der Waals surface area contributed by atoms with Crippen molar-refractivity contribution in [2.75, 3.05) is 29.9 Å². The number of aromatic nitrogens is 1. The lowest BCUT2D eigenvalue weighted by atomic mass is 10.1. The first-order valence-electron chi connectivity index (χ1n) is 8.69. The molecule has 1 amide bonds. The smallest absolute Gasteiger partial charge is 0.255 e. The third-order valence-corrected chi connectivity index (χ3v) is 4.66. The summed E-state index contributed by atoms with van der Waals surface area (Å²) in [5.74, 6) is 0.685. The van der Waals surface area contributed by atoms with Gasteiger partial charge in [0.05, 0.1) is 24.8 Å². The Morgan fingerprint density at radius 1 is 1.27 bits per heavy atom. The first-order chi connectivity index (χ1) is 12.6. The SMILES string of the molecule is Cc1ccc(NC(=O)C2CN(c3nccc4occc34)CCO2)c(C)c1. The fourth-order valence-electron chi connectivity index (χ4n) is 3.30. The van der Waals surface area contributed by atoms with E-state index in [9.17, 15) is 4.79 Å². The molecule has 134 valence electrons. The van der Waals surface area contributed by atoms with Gasteiger partial charge in [0.25, 0.3) is 5.91 Å². The van der Waals surface area contributed by atoms with Crippen LogP contribution in [0.25, 0.3) is 11.0 Å². The minimum absolute atomic E-state index is 0.138. The van der Waals surface area contributed by atoms with Crippen molar-refractivity contribution in [1.29, 1.82) is 0 Å². The normalized spacial score (nSPS) is 17.5. The fraction of sp³-hybridized carbons (Fsp3) is 0.300. The van der Waals surface area contributed by atoms with Gasteiger partial charge in [0.1, 0.15) is 11.4 Å². The van der Waals surface area contributed by atoms with Crippen LogP contribution in [0, 0.1) is 13.8 Å². The van der Waals surface area contributed by atoms with Gasteiger partial charge in [0.15, 0.2) is 6.10 Å². The van der Waals surface area contributed by atoms with E-state index >= 15 is 0 Å². The van der Waals surface area contributed by atoms with Crippen molar-refractivity contribution in [3.05, 3.63) is 53.9 Å². The molecule has 3 aromatic rings. The maximum absolute atomic E-state index is 12.7. The number of amides is 1. The average Bonchev–Trinajstić information content (AvgIpc) is 3.13. The number of morpholine rings is 1. The van der Waals surface area contributed by atoms with Crippen molar-refractivity contribution in [3.8, 4) is 0 Å². The molecule has 1 fully saturated rings. The predicted molar refractivity (Wildman–Crippen MR) is 101 cm³/mol. The second-order valence-electron chi connectivity index (χ2n) is 6.58. The molecule has 1 unspecified atom stereocenters. The molecule has 6 nitrogen and oxygen atoms in total. The molecule has 0 saturated carbocycles. The summed E-state index contributed by atoms with van der Waals surface area (Å²) < 4.78 is 11.2. The third kappa shape index (κ3) is 3.15. The Balaban J connectivity index is 1.51. The van der Waals surface area contributed by atoms with Gasteiger partial charge in [0, 0.05) is 18.4 Å². The van der Waals surface area contributed by atoms with Crippen LogP contribution in [0.4, 0.5) is 11.5 Å². The van der Waals surface area contributed by atoms with E-state index in [0.717, 1.165) is 28.0 Å². The lowest BCUT2D eigenvalue weighted by Gasteiger charge is -2.33. The summed E-state index contributed by atoms with van der Waals surface area (Å²) in [5.41, 5.74) is 3.81. The summed E-state index contributed by atoms with van der Waals surface area (Å²) in [5, 5.41) is 3.93. The second-order valence-corrected chi connectivity index (χ2v) is 6.58. The Morgan fingerprint density at radius 3 is 3.00 bits per heavy atom. The van der Waals surface area contributed by atoms with Gasteiger partial charge in [-0.25, -0.2) is 4.98 Å². The van der Waals surface area contributed by atoms with Gasteiger partial charge in [0.2, 0.25) is 0 Å². The van der Waals surface area contributed by atoms with E-state index in [4.69, 9.17) is 9.15 Å². The molecule has 4 rings (SSSR count). The Bertz CT molecular complexity index is 950. The van der Waals surface area contributed by atoms with Crippen LogP contribution in [0.3, 0.4) is 0 Å². The van der Waals surface area contributed by atoms with Crippen LogP contribution in [0.5, 0.6) is 0 Å². The zero-order valence-electron chi connectivity index (χ0n) is 14.9. The summed E-state index contributed by atoms with van der Waals surface area (Å²) in [6.45, 7) is 5.63. The minimum atomic E-state index is -0.548. The summed E-state index contributed by atoms with van der Waals surface area (Å²) >= 11 is 0. The molecule has 26 heavy (non-hydrogen) atoms. The highest BCUT2D eigenvalue weighted by molar-refractivity contribution is 5.96. The molecule has 1 saturated heterocycles. The number of nitrogens with zero attached hydrogens (tertiary/aromatic N) is 2. The average molecular weight is 351 g/mol. The van der Waals surface area contributed by atoms with Gasteiger partial charge in [-0.2, -0.15) is 0 Å². The van der Waals surface area contributed by atoms with E-state index in [1.807, 2.05) is 44.2 Å². The molecule has 1 atom stereocenters. The Kier molecular flexibility index (Phi) is 4.34. The van der Waals surface area contributed by atoms with Crippen molar-refractivity contribution >= 4 is 28.4 Å². The number of hydrogen-bond acceptors (Lipinski definition) is 5. The first kappa shape index (κ1) is 16.6. The highest BCUT2D eigenvalue weighted by Gasteiger charge is 2.28. The number of carbonyl (C=O) groups is 1. The lowest BCUT2D eigenvalue weighted by Crippen LogP contribution is -2.48. The molecule has 1 aliphatic heterocycles. The topological polar surface area (TPSA) is 67.6 Å². The van der Waals surface area contributed by atoms with E-state index in [1.54, 1.807) is 12.5 Å². The fourth-order valence-corrected chi connectivity index (χ4v) is 3.30. The molecule has 0 bridgehead atoms. The summed E-state index contributed by atoms with van der Waals surface area (Å²) in [6, 6.07) is 9.70. The van der Waals surface area contributed by atoms with Crippen LogP contribution in [-0.2, 0) is 9.53 Å². The number of furan rings is 1. The summed E-state index contributed by atoms with van der Waals surface area (Å²) in [6.07, 6.45) is 2.83. The van der Waals surface area contributed by atoms with E-state index < -0.39 is 6.10 Å². The summed E-state index contributed by atoms with van der Waals surface area (Å²) in [7, 11) is 0. The van der Waals surface area contributed by atoms with Gasteiger partial charge in [-0.05, 0) is 37.6 Å². The van der Waals surface area contributed by atoms with Crippen molar-refractivity contribution < 1.29 is 13.9 Å². The number of hydrogen-bond donors (Lipinski definition) is 1. The van der Waals surface area contributed by atoms with E-state index in [1.165, 1.54) is 5.56 Å². The lowest BCUT2D eigenvalue weighted by molar-refractivity contribution is -0.128. The standard InChI is InChI=1S/C20H21N3O3/c1-13-3-4-16(14(2)11-13)22-20(24)18-12-23(8-10-26-18)19-15-6-9-25-17(15)5-7-21-19/h3-7,9,11,18H,8,10,12H2,1-2H3,(H,22,24). The van der Waals surface area contributed by atoms with Gasteiger partial charge in [-0.15, -0.1) is 0 Å². The zero-order chi connectivity index (χ0) is 18.1. The maximum Gasteiger partial charge on any atom is 0.255 e. The molecule has 6 heteroatoms. The maximum atomic E-state index is 12.7. The monoisotopic (exact) mass is 351 g/mol. The van der Waals surface area contributed by atoms with Crippen molar-refractivity contribution in [1.82, 2.24) is 4.98 Å². The molecule has 0 spiro atoms. The molecule has 1 N–H and O–H groups in total.